The number of hydrogen-bond donors (Lipinski definition) is 1. The van der Waals surface area contributed by atoms with Crippen molar-refractivity contribution in [2.45, 2.75) is 19.5 Å². The second-order valence-corrected chi connectivity index (χ2v) is 6.34. The molecule has 1 aromatic carbocycles. The number of nitrogens with zero attached hydrogens (tertiary/aromatic N) is 4. The number of nitrogens with one attached hydrogen (secondary N) is 1. The molecule has 3 rings (SSSR count). The molecule has 6 heteroatoms. The highest BCUT2D eigenvalue weighted by Crippen LogP contribution is 2.14. The number of halogens is 1. The number of aromatic nitrogens is 2. The molecule has 0 amide bonds. The first-order valence-corrected chi connectivity index (χ1v) is 8.35. The molecule has 1 aliphatic heterocycles. The van der Waals surface area contributed by atoms with E-state index in [2.05, 4.69) is 39.1 Å². The van der Waals surface area contributed by atoms with Gasteiger partial charge in [0, 0.05) is 56.7 Å². The van der Waals surface area contributed by atoms with Gasteiger partial charge in [-0.25, -0.2) is 14.4 Å². The third-order valence-electron chi connectivity index (χ3n) is 4.46. The van der Waals surface area contributed by atoms with Crippen molar-refractivity contribution in [3.05, 3.63) is 53.6 Å². The molecule has 0 bridgehead atoms. The Morgan fingerprint density at radius 3 is 2.33 bits per heavy atom. The molecule has 1 aliphatic rings. The lowest BCUT2D eigenvalue weighted by molar-refractivity contribution is 0.311. The van der Waals surface area contributed by atoms with Crippen molar-refractivity contribution < 1.29 is 4.39 Å². The molecule has 0 saturated carbocycles. The first-order chi connectivity index (χ1) is 11.6. The van der Waals surface area contributed by atoms with Crippen molar-refractivity contribution in [2.24, 2.45) is 0 Å². The van der Waals surface area contributed by atoms with Gasteiger partial charge < -0.3 is 15.1 Å². The Balaban J connectivity index is 1.53. The quantitative estimate of drug-likeness (QED) is 0.911. The van der Waals surface area contributed by atoms with Crippen LogP contribution in [0.1, 0.15) is 24.1 Å². The van der Waals surface area contributed by atoms with Gasteiger partial charge >= 0.3 is 0 Å². The Morgan fingerprint density at radius 2 is 1.71 bits per heavy atom. The number of piperazine rings is 1. The second-order valence-electron chi connectivity index (χ2n) is 6.34. The Labute approximate surface area is 142 Å². The van der Waals surface area contributed by atoms with E-state index in [0.29, 0.717) is 6.54 Å². The van der Waals surface area contributed by atoms with Crippen LogP contribution in [-0.4, -0.2) is 48.1 Å². The summed E-state index contributed by atoms with van der Waals surface area (Å²) in [5, 5.41) is 3.42. The predicted octanol–water partition coefficient (Wildman–Crippen LogP) is 2.22. The summed E-state index contributed by atoms with van der Waals surface area (Å²) in [6.45, 7) is 6.77. The molecule has 128 valence electrons. The highest BCUT2D eigenvalue weighted by Gasteiger charge is 2.16. The lowest BCUT2D eigenvalue weighted by Gasteiger charge is -2.32. The van der Waals surface area contributed by atoms with E-state index in [4.69, 9.17) is 0 Å². The zero-order chi connectivity index (χ0) is 16.9. The van der Waals surface area contributed by atoms with Gasteiger partial charge in [-0.2, -0.15) is 0 Å². The highest BCUT2D eigenvalue weighted by atomic mass is 19.1. The number of likely N-dealkylation sites (N-methyl/N-ethyl adjacent to an activating group) is 1. The molecule has 1 N–H and O–H groups in total. The van der Waals surface area contributed by atoms with Gasteiger partial charge in [0.25, 0.3) is 0 Å². The zero-order valence-electron chi connectivity index (χ0n) is 14.2. The maximum absolute atomic E-state index is 13.0. The van der Waals surface area contributed by atoms with Crippen LogP contribution in [0.5, 0.6) is 0 Å². The van der Waals surface area contributed by atoms with Crippen molar-refractivity contribution in [3.8, 4) is 0 Å². The predicted molar refractivity (Wildman–Crippen MR) is 93.4 cm³/mol. The summed E-state index contributed by atoms with van der Waals surface area (Å²) in [6.07, 6.45) is 3.76. The van der Waals surface area contributed by atoms with Gasteiger partial charge in [0.1, 0.15) is 5.82 Å². The van der Waals surface area contributed by atoms with Crippen LogP contribution >= 0.6 is 0 Å². The van der Waals surface area contributed by atoms with E-state index < -0.39 is 0 Å². The normalized spacial score (nSPS) is 17.0. The highest BCUT2D eigenvalue weighted by molar-refractivity contribution is 5.30. The van der Waals surface area contributed by atoms with Crippen LogP contribution in [0, 0.1) is 5.82 Å². The minimum absolute atomic E-state index is 0.142. The lowest BCUT2D eigenvalue weighted by atomic mass is 10.1. The number of hydrogen-bond acceptors (Lipinski definition) is 5. The minimum atomic E-state index is -0.209. The second kappa shape index (κ2) is 7.68. The first-order valence-electron chi connectivity index (χ1n) is 8.35. The molecule has 2 heterocycles. The van der Waals surface area contributed by atoms with E-state index >= 15 is 0 Å². The van der Waals surface area contributed by atoms with Crippen LogP contribution in [0.3, 0.4) is 0 Å². The third-order valence-corrected chi connectivity index (χ3v) is 4.46. The van der Waals surface area contributed by atoms with Gasteiger partial charge in [-0.1, -0.05) is 12.1 Å². The van der Waals surface area contributed by atoms with Gasteiger partial charge in [-0.3, -0.25) is 0 Å². The van der Waals surface area contributed by atoms with Crippen molar-refractivity contribution in [3.63, 3.8) is 0 Å². The standard InChI is InChI=1S/C18H24FN5/c1-14(16-3-5-17(19)6-4-16)20-11-15-12-21-18(22-13-15)24-9-7-23(2)8-10-24/h3-6,12-14,20H,7-11H2,1-2H3/t14-/m0/s1. The van der Waals surface area contributed by atoms with E-state index in [1.807, 2.05) is 12.4 Å². The van der Waals surface area contributed by atoms with Crippen LogP contribution in [-0.2, 0) is 6.54 Å². The summed E-state index contributed by atoms with van der Waals surface area (Å²) in [4.78, 5) is 13.5. The molecule has 1 aromatic heterocycles. The van der Waals surface area contributed by atoms with Crippen LogP contribution in [0.2, 0.25) is 0 Å². The van der Waals surface area contributed by atoms with E-state index in [0.717, 1.165) is 43.3 Å². The zero-order valence-corrected chi connectivity index (χ0v) is 14.2. The summed E-state index contributed by atoms with van der Waals surface area (Å²) in [7, 11) is 2.13. The van der Waals surface area contributed by atoms with E-state index in [1.165, 1.54) is 12.1 Å². The number of rotatable bonds is 5. The van der Waals surface area contributed by atoms with Gasteiger partial charge in [0.05, 0.1) is 0 Å². The molecule has 0 radical (unpaired) electrons. The number of anilines is 1. The summed E-state index contributed by atoms with van der Waals surface area (Å²) >= 11 is 0. The smallest absolute Gasteiger partial charge is 0.225 e. The molecular weight excluding hydrogens is 305 g/mol. The van der Waals surface area contributed by atoms with Crippen LogP contribution < -0.4 is 10.2 Å². The maximum atomic E-state index is 13.0. The minimum Gasteiger partial charge on any atom is -0.338 e. The molecule has 1 atom stereocenters. The molecule has 24 heavy (non-hydrogen) atoms. The van der Waals surface area contributed by atoms with Crippen molar-refractivity contribution >= 4 is 5.95 Å². The lowest BCUT2D eigenvalue weighted by Crippen LogP contribution is -2.45. The summed E-state index contributed by atoms with van der Waals surface area (Å²) < 4.78 is 13.0. The van der Waals surface area contributed by atoms with Crippen LogP contribution in [0.4, 0.5) is 10.3 Å². The fourth-order valence-electron chi connectivity index (χ4n) is 2.75. The molecule has 1 fully saturated rings. The molecule has 0 spiro atoms. The fourth-order valence-corrected chi connectivity index (χ4v) is 2.75. The molecule has 5 nitrogen and oxygen atoms in total. The maximum Gasteiger partial charge on any atom is 0.225 e. The molecule has 0 unspecified atom stereocenters. The molecule has 0 aliphatic carbocycles. The van der Waals surface area contributed by atoms with Crippen molar-refractivity contribution in [1.82, 2.24) is 20.2 Å². The average molecular weight is 329 g/mol. The Hall–Kier alpha value is -2.05. The molecular formula is C18H24FN5. The van der Waals surface area contributed by atoms with Gasteiger partial charge in [-0.15, -0.1) is 0 Å². The van der Waals surface area contributed by atoms with Crippen LogP contribution in [0.15, 0.2) is 36.7 Å². The summed E-state index contributed by atoms with van der Waals surface area (Å²) in [6, 6.07) is 6.73. The van der Waals surface area contributed by atoms with E-state index in [-0.39, 0.29) is 11.9 Å². The molecule has 2 aromatic rings. The summed E-state index contributed by atoms with van der Waals surface area (Å²) in [5.41, 5.74) is 2.10. The largest absolute Gasteiger partial charge is 0.338 e. The average Bonchev–Trinajstić information content (AvgIpc) is 2.61. The third kappa shape index (κ3) is 4.27. The van der Waals surface area contributed by atoms with Crippen molar-refractivity contribution in [2.75, 3.05) is 38.1 Å². The first kappa shape index (κ1) is 16.8. The van der Waals surface area contributed by atoms with E-state index in [9.17, 15) is 4.39 Å². The van der Waals surface area contributed by atoms with Crippen LogP contribution in [0.25, 0.3) is 0 Å². The van der Waals surface area contributed by atoms with Gasteiger partial charge in [0.15, 0.2) is 0 Å². The Kier molecular flexibility index (Phi) is 5.37. The molecule has 1 saturated heterocycles. The monoisotopic (exact) mass is 329 g/mol. The fraction of sp³-hybridized carbons (Fsp3) is 0.444. The SMILES string of the molecule is C[C@H](NCc1cnc(N2CCN(C)CC2)nc1)c1ccc(F)cc1. The summed E-state index contributed by atoms with van der Waals surface area (Å²) in [5.74, 6) is 0.595. The number of benzene rings is 1. The topological polar surface area (TPSA) is 44.3 Å². The van der Waals surface area contributed by atoms with Gasteiger partial charge in [0.2, 0.25) is 5.95 Å². The van der Waals surface area contributed by atoms with Gasteiger partial charge in [-0.05, 0) is 31.7 Å². The Morgan fingerprint density at radius 1 is 1.08 bits per heavy atom. The Bertz CT molecular complexity index is 635. The van der Waals surface area contributed by atoms with Crippen molar-refractivity contribution in [1.29, 1.82) is 0 Å². The van der Waals surface area contributed by atoms with E-state index in [1.54, 1.807) is 12.1 Å².